The molecule has 0 radical (unpaired) electrons. The van der Waals surface area contributed by atoms with E-state index in [4.69, 9.17) is 4.74 Å². The zero-order chi connectivity index (χ0) is 14.0. The van der Waals surface area contributed by atoms with Gasteiger partial charge in [0.1, 0.15) is 5.60 Å². The van der Waals surface area contributed by atoms with Crippen molar-refractivity contribution in [2.24, 2.45) is 0 Å². The summed E-state index contributed by atoms with van der Waals surface area (Å²) in [4.78, 5) is 12.1. The van der Waals surface area contributed by atoms with Crippen LogP contribution in [0.2, 0.25) is 0 Å². The van der Waals surface area contributed by atoms with Crippen molar-refractivity contribution in [1.82, 2.24) is 5.32 Å². The molecule has 104 valence electrons. The molecule has 1 fully saturated rings. The molecule has 2 rings (SSSR count). The summed E-state index contributed by atoms with van der Waals surface area (Å²) in [5, 5.41) is 13.1. The monoisotopic (exact) mass is 327 g/mol. The Morgan fingerprint density at radius 3 is 3.00 bits per heavy atom. The van der Waals surface area contributed by atoms with Gasteiger partial charge in [-0.1, -0.05) is 22.0 Å². The largest absolute Gasteiger partial charge is 0.385 e. The van der Waals surface area contributed by atoms with Crippen LogP contribution in [0.1, 0.15) is 29.3 Å². The molecule has 1 saturated heterocycles. The van der Waals surface area contributed by atoms with Gasteiger partial charge in [-0.05, 0) is 31.5 Å². The highest BCUT2D eigenvalue weighted by atomic mass is 79.9. The second kappa shape index (κ2) is 5.61. The van der Waals surface area contributed by atoms with E-state index in [1.54, 1.807) is 6.07 Å². The fraction of sp³-hybridized carbons (Fsp3) is 0.500. The van der Waals surface area contributed by atoms with Gasteiger partial charge in [-0.2, -0.15) is 0 Å². The van der Waals surface area contributed by atoms with Gasteiger partial charge in [-0.3, -0.25) is 4.79 Å². The first kappa shape index (κ1) is 14.5. The first-order chi connectivity index (χ1) is 8.92. The fourth-order valence-corrected chi connectivity index (χ4v) is 2.53. The third-order valence-electron chi connectivity index (χ3n) is 3.66. The number of carbonyl (C=O) groups excluding carboxylic acids is 1. The number of nitrogens with one attached hydrogen (secondary N) is 1. The lowest BCUT2D eigenvalue weighted by molar-refractivity contribution is -0.0251. The first-order valence-corrected chi connectivity index (χ1v) is 7.10. The van der Waals surface area contributed by atoms with Crippen molar-refractivity contribution in [2.75, 3.05) is 13.2 Å². The van der Waals surface area contributed by atoms with Gasteiger partial charge in [0, 0.05) is 29.6 Å². The highest BCUT2D eigenvalue weighted by Crippen LogP contribution is 2.25. The second-order valence-electron chi connectivity index (χ2n) is 5.01. The van der Waals surface area contributed by atoms with E-state index in [-0.39, 0.29) is 18.6 Å². The minimum atomic E-state index is -0.963. The third kappa shape index (κ3) is 3.16. The van der Waals surface area contributed by atoms with Crippen LogP contribution in [0.25, 0.3) is 0 Å². The zero-order valence-electron chi connectivity index (χ0n) is 11.1. The van der Waals surface area contributed by atoms with Gasteiger partial charge in [-0.15, -0.1) is 0 Å². The normalized spacial score (nSPS) is 26.4. The molecule has 0 aromatic heterocycles. The van der Waals surface area contributed by atoms with Gasteiger partial charge >= 0.3 is 0 Å². The summed E-state index contributed by atoms with van der Waals surface area (Å²) < 4.78 is 6.20. The molecule has 1 heterocycles. The van der Waals surface area contributed by atoms with Gasteiger partial charge in [0.15, 0.2) is 0 Å². The lowest BCUT2D eigenvalue weighted by Crippen LogP contribution is -2.47. The second-order valence-corrected chi connectivity index (χ2v) is 5.92. The van der Waals surface area contributed by atoms with Crippen molar-refractivity contribution in [1.29, 1.82) is 0 Å². The Hall–Kier alpha value is -0.910. The number of hydrogen-bond acceptors (Lipinski definition) is 3. The summed E-state index contributed by atoms with van der Waals surface area (Å²) in [5.41, 5.74) is 0.559. The summed E-state index contributed by atoms with van der Waals surface area (Å²) in [6.07, 6.45) is 0.294. The number of rotatable bonds is 3. The van der Waals surface area contributed by atoms with E-state index < -0.39 is 5.60 Å². The fourth-order valence-electron chi connectivity index (χ4n) is 2.17. The standard InChI is InChI=1S/C14H18BrNO3/c1-9-3-4-11(15)7-12(9)13(17)16-8-14(18)5-6-19-10(14)2/h3-4,7,10,18H,5-6,8H2,1-2H3,(H,16,17). The molecule has 4 nitrogen and oxygen atoms in total. The van der Waals surface area contributed by atoms with E-state index in [9.17, 15) is 9.90 Å². The van der Waals surface area contributed by atoms with Crippen LogP contribution in [0.5, 0.6) is 0 Å². The molecule has 0 saturated carbocycles. The van der Waals surface area contributed by atoms with E-state index >= 15 is 0 Å². The summed E-state index contributed by atoms with van der Waals surface area (Å²) in [5.74, 6) is -0.175. The molecule has 0 aliphatic carbocycles. The van der Waals surface area contributed by atoms with Crippen molar-refractivity contribution in [2.45, 2.75) is 32.0 Å². The molecule has 1 aromatic rings. The van der Waals surface area contributed by atoms with Crippen LogP contribution < -0.4 is 5.32 Å². The van der Waals surface area contributed by atoms with Gasteiger partial charge in [0.2, 0.25) is 0 Å². The van der Waals surface area contributed by atoms with Crippen LogP contribution in [-0.2, 0) is 4.74 Å². The summed E-state index contributed by atoms with van der Waals surface area (Å²) >= 11 is 3.35. The van der Waals surface area contributed by atoms with Crippen LogP contribution >= 0.6 is 15.9 Å². The molecule has 0 spiro atoms. The van der Waals surface area contributed by atoms with Crippen molar-refractivity contribution < 1.29 is 14.6 Å². The minimum Gasteiger partial charge on any atom is -0.385 e. The number of aliphatic hydroxyl groups is 1. The SMILES string of the molecule is Cc1ccc(Br)cc1C(=O)NCC1(O)CCOC1C. The Labute approximate surface area is 121 Å². The molecule has 1 amide bonds. The Morgan fingerprint density at radius 1 is 1.63 bits per heavy atom. The van der Waals surface area contributed by atoms with Crippen LogP contribution in [-0.4, -0.2) is 35.9 Å². The molecule has 2 atom stereocenters. The average molecular weight is 328 g/mol. The third-order valence-corrected chi connectivity index (χ3v) is 4.15. The maximum Gasteiger partial charge on any atom is 0.251 e. The number of carbonyl (C=O) groups is 1. The Kier molecular flexibility index (Phi) is 4.28. The quantitative estimate of drug-likeness (QED) is 0.893. The molecule has 2 unspecified atom stereocenters. The lowest BCUT2D eigenvalue weighted by Gasteiger charge is -2.26. The predicted octanol–water partition coefficient (Wildman–Crippen LogP) is 2.03. The molecular weight excluding hydrogens is 310 g/mol. The molecular formula is C14H18BrNO3. The number of amides is 1. The maximum absolute atomic E-state index is 12.1. The van der Waals surface area contributed by atoms with E-state index in [0.29, 0.717) is 18.6 Å². The van der Waals surface area contributed by atoms with E-state index in [0.717, 1.165) is 10.0 Å². The van der Waals surface area contributed by atoms with Gasteiger partial charge < -0.3 is 15.2 Å². The number of ether oxygens (including phenoxy) is 1. The summed E-state index contributed by atoms with van der Waals surface area (Å²) in [7, 11) is 0. The number of hydrogen-bond donors (Lipinski definition) is 2. The van der Waals surface area contributed by atoms with Crippen molar-refractivity contribution in [3.05, 3.63) is 33.8 Å². The zero-order valence-corrected chi connectivity index (χ0v) is 12.7. The molecule has 0 bridgehead atoms. The number of halogens is 1. The summed E-state index contributed by atoms with van der Waals surface area (Å²) in [6.45, 7) is 4.45. The molecule has 1 aliphatic heterocycles. The first-order valence-electron chi connectivity index (χ1n) is 6.31. The summed E-state index contributed by atoms with van der Waals surface area (Å²) in [6, 6.07) is 5.56. The van der Waals surface area contributed by atoms with Gasteiger partial charge in [0.05, 0.1) is 6.10 Å². The smallest absolute Gasteiger partial charge is 0.251 e. The minimum absolute atomic E-state index is 0.175. The van der Waals surface area contributed by atoms with Crippen LogP contribution in [0, 0.1) is 6.92 Å². The number of benzene rings is 1. The van der Waals surface area contributed by atoms with Gasteiger partial charge in [-0.25, -0.2) is 0 Å². The van der Waals surface area contributed by atoms with Crippen LogP contribution in [0.15, 0.2) is 22.7 Å². The number of aryl methyl sites for hydroxylation is 1. The Bertz CT molecular complexity index is 492. The molecule has 2 N–H and O–H groups in total. The average Bonchev–Trinajstić information content (AvgIpc) is 2.70. The Balaban J connectivity index is 2.03. The molecule has 5 heteroatoms. The molecule has 19 heavy (non-hydrogen) atoms. The molecule has 1 aliphatic rings. The van der Waals surface area contributed by atoms with Crippen LogP contribution in [0.3, 0.4) is 0 Å². The van der Waals surface area contributed by atoms with Crippen LogP contribution in [0.4, 0.5) is 0 Å². The van der Waals surface area contributed by atoms with E-state index in [2.05, 4.69) is 21.2 Å². The van der Waals surface area contributed by atoms with Crippen molar-refractivity contribution in [3.8, 4) is 0 Å². The highest BCUT2D eigenvalue weighted by molar-refractivity contribution is 9.10. The highest BCUT2D eigenvalue weighted by Gasteiger charge is 2.39. The maximum atomic E-state index is 12.1. The van der Waals surface area contributed by atoms with Crippen molar-refractivity contribution in [3.63, 3.8) is 0 Å². The molecule has 1 aromatic carbocycles. The predicted molar refractivity (Wildman–Crippen MR) is 76.2 cm³/mol. The van der Waals surface area contributed by atoms with Gasteiger partial charge in [0.25, 0.3) is 5.91 Å². The van der Waals surface area contributed by atoms with E-state index in [1.165, 1.54) is 0 Å². The topological polar surface area (TPSA) is 58.6 Å². The Morgan fingerprint density at radius 2 is 2.37 bits per heavy atom. The lowest BCUT2D eigenvalue weighted by atomic mass is 9.96. The van der Waals surface area contributed by atoms with E-state index in [1.807, 2.05) is 26.0 Å². The van der Waals surface area contributed by atoms with Crippen molar-refractivity contribution >= 4 is 21.8 Å².